The van der Waals surface area contributed by atoms with Crippen LogP contribution < -0.4 is 5.73 Å². The van der Waals surface area contributed by atoms with Crippen molar-refractivity contribution in [3.8, 4) is 0 Å². The second-order valence-corrected chi connectivity index (χ2v) is 13.3. The summed E-state index contributed by atoms with van der Waals surface area (Å²) in [6.07, 6.45) is 7.88. The summed E-state index contributed by atoms with van der Waals surface area (Å²) in [4.78, 5) is 35.4. The maximum absolute atomic E-state index is 14.6. The number of para-hydroxylation sites is 2. The number of aromatic nitrogens is 2. The molecule has 2 N–H and O–H groups in total. The largest absolute Gasteiger partial charge is 0.369 e. The summed E-state index contributed by atoms with van der Waals surface area (Å²) in [6, 6.07) is 17.0. The first-order valence-corrected chi connectivity index (χ1v) is 16.3. The lowest BCUT2D eigenvalue weighted by atomic mass is 9.69. The highest BCUT2D eigenvalue weighted by molar-refractivity contribution is 6.04. The Balaban J connectivity index is 1.19. The van der Waals surface area contributed by atoms with Gasteiger partial charge in [-0.25, -0.2) is 9.37 Å². The fourth-order valence-corrected chi connectivity index (χ4v) is 8.74. The molecular weight excluding hydrogens is 541 g/mol. The van der Waals surface area contributed by atoms with Gasteiger partial charge in [0.05, 0.1) is 11.0 Å². The van der Waals surface area contributed by atoms with Gasteiger partial charge in [-0.1, -0.05) is 38.1 Å². The van der Waals surface area contributed by atoms with Gasteiger partial charge in [0.15, 0.2) is 0 Å². The monoisotopic (exact) mass is 587 g/mol. The Morgan fingerprint density at radius 1 is 1.00 bits per heavy atom. The van der Waals surface area contributed by atoms with Crippen LogP contribution in [0.25, 0.3) is 11.0 Å². The van der Waals surface area contributed by atoms with Crippen molar-refractivity contribution in [1.82, 2.24) is 19.4 Å². The van der Waals surface area contributed by atoms with Gasteiger partial charge < -0.3 is 15.2 Å². The Bertz CT molecular complexity index is 1470. The lowest BCUT2D eigenvalue weighted by Crippen LogP contribution is -2.55. The molecule has 0 radical (unpaired) electrons. The average molecular weight is 588 g/mol. The molecule has 3 aliphatic heterocycles. The Morgan fingerprint density at radius 2 is 1.67 bits per heavy atom. The van der Waals surface area contributed by atoms with E-state index in [2.05, 4.69) is 46.7 Å². The predicted molar refractivity (Wildman–Crippen MR) is 167 cm³/mol. The van der Waals surface area contributed by atoms with Gasteiger partial charge in [-0.2, -0.15) is 0 Å². The number of imidazole rings is 1. The van der Waals surface area contributed by atoms with Gasteiger partial charge in [0.1, 0.15) is 17.1 Å². The van der Waals surface area contributed by atoms with Gasteiger partial charge in [0.2, 0.25) is 11.8 Å². The molecule has 7 nitrogen and oxygen atoms in total. The number of piperidine rings is 2. The van der Waals surface area contributed by atoms with E-state index >= 15 is 0 Å². The third-order valence-corrected chi connectivity index (χ3v) is 11.4. The van der Waals surface area contributed by atoms with Crippen LogP contribution in [-0.2, 0) is 15.0 Å². The lowest BCUT2D eigenvalue weighted by Gasteiger charge is -2.46. The first-order chi connectivity index (χ1) is 20.7. The molecule has 3 saturated heterocycles. The molecule has 2 bridgehead atoms. The van der Waals surface area contributed by atoms with E-state index in [0.717, 1.165) is 55.6 Å². The number of aryl methyl sites for hydroxylation is 1. The topological polar surface area (TPSA) is 84.5 Å². The molecule has 8 heteroatoms. The highest BCUT2D eigenvalue weighted by Crippen LogP contribution is 2.45. The lowest BCUT2D eigenvalue weighted by molar-refractivity contribution is -0.151. The fourth-order valence-electron chi connectivity index (χ4n) is 8.74. The van der Waals surface area contributed by atoms with E-state index in [-0.39, 0.29) is 17.1 Å². The van der Waals surface area contributed by atoms with Gasteiger partial charge in [-0.3, -0.25) is 14.5 Å². The number of rotatable bonds is 9. The van der Waals surface area contributed by atoms with Crippen molar-refractivity contribution in [2.75, 3.05) is 19.6 Å². The van der Waals surface area contributed by atoms with E-state index in [9.17, 15) is 14.0 Å². The SMILES string of the molecule is CCC(CC)(C(N)=O)C(=O)N1CCC(CCN2[C@@H]3CC[C@H]2CC(n2c(C)nc4ccccc42)C3)(c2cccc(F)c2)CC1. The van der Waals surface area contributed by atoms with Crippen molar-refractivity contribution in [2.24, 2.45) is 11.1 Å². The predicted octanol–water partition coefficient (Wildman–Crippen LogP) is 5.89. The maximum atomic E-state index is 14.6. The van der Waals surface area contributed by atoms with Crippen molar-refractivity contribution < 1.29 is 14.0 Å². The van der Waals surface area contributed by atoms with Crippen molar-refractivity contribution in [2.45, 2.75) is 102 Å². The van der Waals surface area contributed by atoms with Crippen molar-refractivity contribution in [3.05, 3.63) is 65.7 Å². The molecule has 0 spiro atoms. The summed E-state index contributed by atoms with van der Waals surface area (Å²) < 4.78 is 17.0. The Hall–Kier alpha value is -3.26. The standard InChI is InChI=1S/C35H46FN5O2/c1-4-35(5-2,32(37)42)33(43)39-18-15-34(16-19-39,25-9-8-10-26(36)21-25)17-20-40-27-13-14-28(40)23-29(22-27)41-24(3)38-30-11-6-7-12-31(30)41/h6-12,21,27-29H,4-5,13-20,22-23H2,1-3H3,(H2,37,42)/t27-,28+,29?. The van der Waals surface area contributed by atoms with E-state index < -0.39 is 11.3 Å². The second-order valence-electron chi connectivity index (χ2n) is 13.3. The normalized spacial score (nSPS) is 24.0. The number of halogens is 1. The minimum atomic E-state index is -1.15. The maximum Gasteiger partial charge on any atom is 0.238 e. The van der Waals surface area contributed by atoms with Gasteiger partial charge in [0.25, 0.3) is 0 Å². The van der Waals surface area contributed by atoms with Crippen LogP contribution in [-0.4, -0.2) is 62.9 Å². The van der Waals surface area contributed by atoms with Crippen LogP contribution in [0, 0.1) is 18.2 Å². The summed E-state index contributed by atoms with van der Waals surface area (Å²) in [5, 5.41) is 0. The summed E-state index contributed by atoms with van der Waals surface area (Å²) in [7, 11) is 0. The summed E-state index contributed by atoms with van der Waals surface area (Å²) >= 11 is 0. The number of fused-ring (bicyclic) bond motifs is 3. The summed E-state index contributed by atoms with van der Waals surface area (Å²) in [5.74, 6) is 0.184. The van der Waals surface area contributed by atoms with Crippen LogP contribution in [0.4, 0.5) is 4.39 Å². The molecule has 3 fully saturated rings. The van der Waals surface area contributed by atoms with Crippen molar-refractivity contribution in [3.63, 3.8) is 0 Å². The van der Waals surface area contributed by atoms with Crippen molar-refractivity contribution >= 4 is 22.8 Å². The zero-order valence-corrected chi connectivity index (χ0v) is 25.9. The average Bonchev–Trinajstić information content (AvgIpc) is 3.47. The fraction of sp³-hybridized carbons (Fsp3) is 0.571. The molecule has 2 amide bonds. The zero-order chi connectivity index (χ0) is 30.4. The molecule has 2 aromatic carbocycles. The van der Waals surface area contributed by atoms with E-state index in [1.165, 1.54) is 24.4 Å². The van der Waals surface area contributed by atoms with Crippen LogP contribution >= 0.6 is 0 Å². The molecule has 1 aromatic heterocycles. The van der Waals surface area contributed by atoms with Crippen LogP contribution in [0.5, 0.6) is 0 Å². The van der Waals surface area contributed by atoms with Crippen LogP contribution in [0.2, 0.25) is 0 Å². The van der Waals surface area contributed by atoms with Gasteiger partial charge in [0, 0.05) is 31.2 Å². The van der Waals surface area contributed by atoms with Crippen LogP contribution in [0.3, 0.4) is 0 Å². The number of primary amides is 1. The second kappa shape index (κ2) is 11.7. The minimum Gasteiger partial charge on any atom is -0.369 e. The van der Waals surface area contributed by atoms with E-state index in [1.807, 2.05) is 24.8 Å². The Kier molecular flexibility index (Phi) is 8.09. The molecular formula is C35H46FN5O2. The van der Waals surface area contributed by atoms with Crippen LogP contribution in [0.15, 0.2) is 48.5 Å². The van der Waals surface area contributed by atoms with Gasteiger partial charge in [-0.05, 0) is 106 Å². The van der Waals surface area contributed by atoms with Crippen molar-refractivity contribution in [1.29, 1.82) is 0 Å². The molecule has 6 rings (SSSR count). The number of nitrogens with two attached hydrogens (primary N) is 1. The third kappa shape index (κ3) is 5.15. The zero-order valence-electron chi connectivity index (χ0n) is 25.9. The first-order valence-electron chi connectivity index (χ1n) is 16.3. The highest BCUT2D eigenvalue weighted by atomic mass is 19.1. The molecule has 4 heterocycles. The number of likely N-dealkylation sites (tertiary alicyclic amines) is 1. The molecule has 43 heavy (non-hydrogen) atoms. The quantitative estimate of drug-likeness (QED) is 0.316. The summed E-state index contributed by atoms with van der Waals surface area (Å²) in [6.45, 7) is 7.91. The van der Waals surface area contributed by atoms with E-state index in [1.54, 1.807) is 6.07 Å². The first kappa shape index (κ1) is 29.8. The molecule has 3 aliphatic rings. The Morgan fingerprint density at radius 3 is 2.30 bits per heavy atom. The number of benzene rings is 2. The molecule has 230 valence electrons. The van der Waals surface area contributed by atoms with Gasteiger partial charge >= 0.3 is 0 Å². The number of nitrogens with zero attached hydrogens (tertiary/aromatic N) is 4. The highest BCUT2D eigenvalue weighted by Gasteiger charge is 2.47. The number of carbonyl (C=O) groups excluding carboxylic acids is 2. The van der Waals surface area contributed by atoms with E-state index in [0.29, 0.717) is 44.1 Å². The summed E-state index contributed by atoms with van der Waals surface area (Å²) in [5.41, 5.74) is 7.71. The molecule has 0 aliphatic carbocycles. The molecule has 3 atom stereocenters. The minimum absolute atomic E-state index is 0.153. The number of hydrogen-bond donors (Lipinski definition) is 1. The number of amides is 2. The van der Waals surface area contributed by atoms with E-state index in [4.69, 9.17) is 10.7 Å². The Labute approximate surface area is 254 Å². The third-order valence-electron chi connectivity index (χ3n) is 11.4. The molecule has 0 saturated carbocycles. The number of hydrogen-bond acceptors (Lipinski definition) is 4. The van der Waals surface area contributed by atoms with Gasteiger partial charge in [-0.15, -0.1) is 0 Å². The number of carbonyl (C=O) groups is 2. The van der Waals surface area contributed by atoms with Crippen LogP contribution in [0.1, 0.15) is 89.1 Å². The molecule has 1 unspecified atom stereocenters. The molecule has 3 aromatic rings. The smallest absolute Gasteiger partial charge is 0.238 e.